The first-order chi connectivity index (χ1) is 7.72. The van der Waals surface area contributed by atoms with E-state index in [0.29, 0.717) is 17.1 Å². The lowest BCUT2D eigenvalue weighted by Crippen LogP contribution is -2.34. The van der Waals surface area contributed by atoms with Gasteiger partial charge in [0.15, 0.2) is 0 Å². The molecule has 4 heteroatoms. The van der Waals surface area contributed by atoms with E-state index in [1.54, 1.807) is 18.0 Å². The second-order valence-corrected chi connectivity index (χ2v) is 6.56. The lowest BCUT2D eigenvalue weighted by atomic mass is 9.96. The molecule has 1 aromatic carbocycles. The summed E-state index contributed by atoms with van der Waals surface area (Å²) in [5.41, 5.74) is 0.607. The molecule has 1 rings (SSSR count). The summed E-state index contributed by atoms with van der Waals surface area (Å²) in [6.45, 7) is 6.98. The molecular formula is C13H17BrClNO. The zero-order chi connectivity index (χ0) is 13.2. The van der Waals surface area contributed by atoms with Crippen molar-refractivity contribution in [2.45, 2.75) is 20.8 Å². The van der Waals surface area contributed by atoms with E-state index in [4.69, 9.17) is 11.6 Å². The Hall–Kier alpha value is -0.540. The first-order valence-corrected chi connectivity index (χ1v) is 6.59. The van der Waals surface area contributed by atoms with Gasteiger partial charge in [0, 0.05) is 18.1 Å². The van der Waals surface area contributed by atoms with E-state index in [1.165, 1.54) is 0 Å². The van der Waals surface area contributed by atoms with E-state index in [2.05, 4.69) is 36.7 Å². The highest BCUT2D eigenvalue weighted by atomic mass is 79.9. The molecule has 0 atom stereocenters. The van der Waals surface area contributed by atoms with Crippen LogP contribution >= 0.6 is 27.5 Å². The fourth-order valence-corrected chi connectivity index (χ4v) is 2.23. The third-order valence-corrected chi connectivity index (χ3v) is 3.54. The van der Waals surface area contributed by atoms with E-state index in [-0.39, 0.29) is 11.3 Å². The zero-order valence-corrected chi connectivity index (χ0v) is 12.9. The van der Waals surface area contributed by atoms with E-state index in [9.17, 15) is 4.79 Å². The van der Waals surface area contributed by atoms with Gasteiger partial charge in [-0.2, -0.15) is 0 Å². The minimum Gasteiger partial charge on any atom is -0.341 e. The van der Waals surface area contributed by atoms with Crippen LogP contribution in [0.1, 0.15) is 31.1 Å². The first kappa shape index (κ1) is 14.5. The lowest BCUT2D eigenvalue weighted by Gasteiger charge is -2.27. The number of hydrogen-bond donors (Lipinski definition) is 0. The molecule has 0 heterocycles. The van der Waals surface area contributed by atoms with Crippen LogP contribution in [0.3, 0.4) is 0 Å². The minimum atomic E-state index is -0.0498. The maximum Gasteiger partial charge on any atom is 0.255 e. The van der Waals surface area contributed by atoms with Gasteiger partial charge in [0.25, 0.3) is 5.91 Å². The SMILES string of the molecule is CN(CC(C)(C)C)C(=O)c1cccc(Br)c1Cl. The van der Waals surface area contributed by atoms with Crippen molar-refractivity contribution in [3.05, 3.63) is 33.3 Å². The standard InChI is InChI=1S/C13H17BrClNO/c1-13(2,3)8-16(4)12(17)9-6-5-7-10(14)11(9)15/h5-7H,8H2,1-4H3. The predicted octanol–water partition coefficient (Wildman–Crippen LogP) is 4.22. The molecule has 0 spiro atoms. The maximum absolute atomic E-state index is 12.2. The van der Waals surface area contributed by atoms with Gasteiger partial charge in [-0.05, 0) is 33.5 Å². The summed E-state index contributed by atoms with van der Waals surface area (Å²) >= 11 is 9.43. The van der Waals surface area contributed by atoms with Gasteiger partial charge in [-0.3, -0.25) is 4.79 Å². The Labute approximate surface area is 116 Å². The lowest BCUT2D eigenvalue weighted by molar-refractivity contribution is 0.0746. The topological polar surface area (TPSA) is 20.3 Å². The number of benzene rings is 1. The molecule has 0 unspecified atom stereocenters. The van der Waals surface area contributed by atoms with Gasteiger partial charge in [-0.15, -0.1) is 0 Å². The Balaban J connectivity index is 2.93. The molecule has 0 saturated carbocycles. The van der Waals surface area contributed by atoms with Crippen molar-refractivity contribution in [1.82, 2.24) is 4.90 Å². The molecular weight excluding hydrogens is 302 g/mol. The Bertz CT molecular complexity index is 426. The van der Waals surface area contributed by atoms with Gasteiger partial charge in [0.2, 0.25) is 0 Å². The number of carbonyl (C=O) groups is 1. The molecule has 0 aliphatic carbocycles. The molecule has 0 radical (unpaired) electrons. The highest BCUT2D eigenvalue weighted by Crippen LogP contribution is 2.27. The Morgan fingerprint density at radius 2 is 2.00 bits per heavy atom. The summed E-state index contributed by atoms with van der Waals surface area (Å²) in [7, 11) is 1.80. The van der Waals surface area contributed by atoms with Gasteiger partial charge < -0.3 is 4.90 Å². The molecule has 2 nitrogen and oxygen atoms in total. The molecule has 17 heavy (non-hydrogen) atoms. The molecule has 0 N–H and O–H groups in total. The third-order valence-electron chi connectivity index (χ3n) is 2.24. The number of halogens is 2. The van der Waals surface area contributed by atoms with Crippen LogP contribution in [-0.4, -0.2) is 24.4 Å². The van der Waals surface area contributed by atoms with Crippen LogP contribution in [-0.2, 0) is 0 Å². The summed E-state index contributed by atoms with van der Waals surface area (Å²) < 4.78 is 0.745. The molecule has 0 saturated heterocycles. The smallest absolute Gasteiger partial charge is 0.255 e. The summed E-state index contributed by atoms with van der Waals surface area (Å²) in [4.78, 5) is 13.9. The first-order valence-electron chi connectivity index (χ1n) is 5.42. The number of rotatable bonds is 2. The van der Waals surface area contributed by atoms with Crippen molar-refractivity contribution in [2.24, 2.45) is 5.41 Å². The van der Waals surface area contributed by atoms with Crippen molar-refractivity contribution in [3.8, 4) is 0 Å². The summed E-state index contributed by atoms with van der Waals surface area (Å²) in [5.74, 6) is -0.0498. The van der Waals surface area contributed by atoms with Crippen LogP contribution in [0.5, 0.6) is 0 Å². The molecule has 0 aliphatic heterocycles. The van der Waals surface area contributed by atoms with E-state index in [1.807, 2.05) is 12.1 Å². The van der Waals surface area contributed by atoms with Crippen molar-refractivity contribution < 1.29 is 4.79 Å². The molecule has 94 valence electrons. The molecule has 1 amide bonds. The average Bonchev–Trinajstić information content (AvgIpc) is 2.18. The number of amides is 1. The zero-order valence-electron chi connectivity index (χ0n) is 10.6. The predicted molar refractivity (Wildman–Crippen MR) is 75.6 cm³/mol. The van der Waals surface area contributed by atoms with E-state index >= 15 is 0 Å². The largest absolute Gasteiger partial charge is 0.341 e. The number of nitrogens with zero attached hydrogens (tertiary/aromatic N) is 1. The number of carbonyl (C=O) groups excluding carboxylic acids is 1. The van der Waals surface area contributed by atoms with E-state index in [0.717, 1.165) is 4.47 Å². The molecule has 0 fully saturated rings. The van der Waals surface area contributed by atoms with Gasteiger partial charge in [-0.1, -0.05) is 38.4 Å². The molecule has 0 aromatic heterocycles. The fraction of sp³-hybridized carbons (Fsp3) is 0.462. The van der Waals surface area contributed by atoms with E-state index < -0.39 is 0 Å². The average molecular weight is 319 g/mol. The summed E-state index contributed by atoms with van der Waals surface area (Å²) in [6, 6.07) is 5.38. The number of hydrogen-bond acceptors (Lipinski definition) is 1. The second-order valence-electron chi connectivity index (χ2n) is 5.32. The third kappa shape index (κ3) is 4.00. The van der Waals surface area contributed by atoms with Crippen LogP contribution in [0.15, 0.2) is 22.7 Å². The Morgan fingerprint density at radius 1 is 1.41 bits per heavy atom. The van der Waals surface area contributed by atoms with Crippen LogP contribution in [0, 0.1) is 5.41 Å². The summed E-state index contributed by atoms with van der Waals surface area (Å²) in [5, 5.41) is 0.471. The van der Waals surface area contributed by atoms with Gasteiger partial charge in [0.1, 0.15) is 0 Å². The molecule has 0 bridgehead atoms. The van der Waals surface area contributed by atoms with Crippen LogP contribution in [0.2, 0.25) is 5.02 Å². The van der Waals surface area contributed by atoms with Gasteiger partial charge in [0.05, 0.1) is 10.6 Å². The summed E-state index contributed by atoms with van der Waals surface area (Å²) in [6.07, 6.45) is 0. The van der Waals surface area contributed by atoms with Crippen molar-refractivity contribution in [1.29, 1.82) is 0 Å². The van der Waals surface area contributed by atoms with Gasteiger partial charge in [-0.25, -0.2) is 0 Å². The van der Waals surface area contributed by atoms with Crippen LogP contribution in [0.25, 0.3) is 0 Å². The minimum absolute atomic E-state index is 0.0498. The highest BCUT2D eigenvalue weighted by Gasteiger charge is 2.21. The molecule has 1 aromatic rings. The normalized spacial score (nSPS) is 11.4. The second kappa shape index (κ2) is 5.40. The fourth-order valence-electron chi connectivity index (χ4n) is 1.66. The molecule has 0 aliphatic rings. The quantitative estimate of drug-likeness (QED) is 0.799. The van der Waals surface area contributed by atoms with Crippen LogP contribution in [0.4, 0.5) is 0 Å². The Kier molecular flexibility index (Phi) is 4.62. The van der Waals surface area contributed by atoms with Crippen molar-refractivity contribution in [3.63, 3.8) is 0 Å². The van der Waals surface area contributed by atoms with Crippen molar-refractivity contribution in [2.75, 3.05) is 13.6 Å². The maximum atomic E-state index is 12.2. The monoisotopic (exact) mass is 317 g/mol. The van der Waals surface area contributed by atoms with Gasteiger partial charge >= 0.3 is 0 Å². The Morgan fingerprint density at radius 3 is 2.53 bits per heavy atom. The highest BCUT2D eigenvalue weighted by molar-refractivity contribution is 9.10. The van der Waals surface area contributed by atoms with Crippen LogP contribution < -0.4 is 0 Å². The van der Waals surface area contributed by atoms with Crippen molar-refractivity contribution >= 4 is 33.4 Å².